The van der Waals surface area contributed by atoms with Crippen molar-refractivity contribution < 1.29 is 32.6 Å². The molecule has 0 saturated carbocycles. The third-order valence-corrected chi connectivity index (χ3v) is 4.57. The number of aromatic nitrogens is 1. The molecule has 1 heterocycles. The van der Waals surface area contributed by atoms with Crippen molar-refractivity contribution in [2.24, 2.45) is 0 Å². The second-order valence-electron chi connectivity index (χ2n) is 6.09. The summed E-state index contributed by atoms with van der Waals surface area (Å²) in [4.78, 5) is 28.2. The Morgan fingerprint density at radius 3 is 2.38 bits per heavy atom. The zero-order valence-corrected chi connectivity index (χ0v) is 17.8. The molecule has 0 bridgehead atoms. The summed E-state index contributed by atoms with van der Waals surface area (Å²) in [6, 6.07) is 9.44. The maximum Gasteiger partial charge on any atom is 0.387 e. The SMILES string of the molecule is COC(=O)c1cccc(Oc2cc(C(=O)Nc3c(Cl)cncc3Cl)ccc2OC(F)F)c1. The van der Waals surface area contributed by atoms with Gasteiger partial charge in [0.05, 0.1) is 28.4 Å². The molecule has 7 nitrogen and oxygen atoms in total. The Hall–Kier alpha value is -3.43. The van der Waals surface area contributed by atoms with Gasteiger partial charge in [-0.3, -0.25) is 9.78 Å². The number of esters is 1. The van der Waals surface area contributed by atoms with Gasteiger partial charge >= 0.3 is 12.6 Å². The average molecular weight is 483 g/mol. The zero-order valence-electron chi connectivity index (χ0n) is 16.3. The number of benzene rings is 2. The van der Waals surface area contributed by atoms with Gasteiger partial charge in [-0.25, -0.2) is 4.79 Å². The first kappa shape index (κ1) is 23.2. The lowest BCUT2D eigenvalue weighted by molar-refractivity contribution is -0.0510. The summed E-state index contributed by atoms with van der Waals surface area (Å²) < 4.78 is 40.4. The molecule has 0 aliphatic rings. The van der Waals surface area contributed by atoms with Crippen LogP contribution in [0, 0.1) is 0 Å². The number of nitrogens with zero attached hydrogens (tertiary/aromatic N) is 1. The minimum absolute atomic E-state index is 0.0367. The molecule has 3 aromatic rings. The minimum Gasteiger partial charge on any atom is -0.465 e. The maximum atomic E-state index is 12.8. The van der Waals surface area contributed by atoms with Gasteiger partial charge in [-0.05, 0) is 36.4 Å². The number of anilines is 1. The summed E-state index contributed by atoms with van der Waals surface area (Å²) in [5.74, 6) is -1.63. The molecule has 166 valence electrons. The molecule has 1 amide bonds. The number of amides is 1. The molecule has 3 rings (SSSR count). The highest BCUT2D eigenvalue weighted by Crippen LogP contribution is 2.35. The Morgan fingerprint density at radius 2 is 1.72 bits per heavy atom. The Kier molecular flexibility index (Phi) is 7.45. The number of alkyl halides is 2. The molecule has 0 aliphatic carbocycles. The van der Waals surface area contributed by atoms with E-state index in [1.807, 2.05) is 0 Å². The van der Waals surface area contributed by atoms with Crippen molar-refractivity contribution in [3.05, 3.63) is 76.0 Å². The Bertz CT molecular complexity index is 1140. The molecule has 0 aliphatic heterocycles. The van der Waals surface area contributed by atoms with E-state index in [1.54, 1.807) is 0 Å². The highest BCUT2D eigenvalue weighted by Gasteiger charge is 2.18. The van der Waals surface area contributed by atoms with Gasteiger partial charge in [0, 0.05) is 18.0 Å². The van der Waals surface area contributed by atoms with Gasteiger partial charge in [0.2, 0.25) is 0 Å². The van der Waals surface area contributed by atoms with Gasteiger partial charge in [-0.15, -0.1) is 0 Å². The molecular weight excluding hydrogens is 469 g/mol. The van der Waals surface area contributed by atoms with E-state index in [0.29, 0.717) is 0 Å². The van der Waals surface area contributed by atoms with E-state index in [9.17, 15) is 18.4 Å². The fourth-order valence-electron chi connectivity index (χ4n) is 2.57. The van der Waals surface area contributed by atoms with E-state index in [-0.39, 0.29) is 44.1 Å². The molecule has 0 fully saturated rings. The van der Waals surface area contributed by atoms with Crippen molar-refractivity contribution in [1.82, 2.24) is 4.98 Å². The maximum absolute atomic E-state index is 12.8. The van der Waals surface area contributed by atoms with E-state index >= 15 is 0 Å². The van der Waals surface area contributed by atoms with E-state index < -0.39 is 18.5 Å². The molecule has 32 heavy (non-hydrogen) atoms. The van der Waals surface area contributed by atoms with E-state index in [4.69, 9.17) is 27.9 Å². The molecular formula is C21H14Cl2F2N2O5. The third kappa shape index (κ3) is 5.63. The van der Waals surface area contributed by atoms with Gasteiger partial charge in [-0.2, -0.15) is 8.78 Å². The number of carbonyl (C=O) groups excluding carboxylic acids is 2. The van der Waals surface area contributed by atoms with Crippen LogP contribution < -0.4 is 14.8 Å². The Labute approximate surface area is 190 Å². The first-order valence-electron chi connectivity index (χ1n) is 8.84. The zero-order chi connectivity index (χ0) is 23.3. The quantitative estimate of drug-likeness (QED) is 0.426. The van der Waals surface area contributed by atoms with Crippen molar-refractivity contribution in [3.8, 4) is 17.2 Å². The van der Waals surface area contributed by atoms with Crippen LogP contribution in [-0.4, -0.2) is 30.6 Å². The van der Waals surface area contributed by atoms with Crippen LogP contribution in [0.15, 0.2) is 54.9 Å². The molecule has 0 atom stereocenters. The topological polar surface area (TPSA) is 86.8 Å². The predicted octanol–water partition coefficient (Wildman–Crippen LogP) is 5.82. The average Bonchev–Trinajstić information content (AvgIpc) is 2.76. The highest BCUT2D eigenvalue weighted by atomic mass is 35.5. The summed E-state index contributed by atoms with van der Waals surface area (Å²) >= 11 is 12.0. The van der Waals surface area contributed by atoms with Crippen molar-refractivity contribution in [2.45, 2.75) is 6.61 Å². The van der Waals surface area contributed by atoms with Crippen LogP contribution in [0.2, 0.25) is 10.0 Å². The second-order valence-corrected chi connectivity index (χ2v) is 6.91. The summed E-state index contributed by atoms with van der Waals surface area (Å²) in [6.45, 7) is -3.13. The van der Waals surface area contributed by atoms with Crippen LogP contribution in [0.3, 0.4) is 0 Å². The summed E-state index contributed by atoms with van der Waals surface area (Å²) in [5.41, 5.74) is 0.348. The standard InChI is InChI=1S/C21H14Cl2F2N2O5/c1-30-20(29)12-3-2-4-13(7-12)31-17-8-11(5-6-16(17)32-21(24)25)19(28)27-18-14(22)9-26-10-15(18)23/h2-10,21H,1H3,(H,26,27,28). The van der Waals surface area contributed by atoms with Gasteiger partial charge in [-0.1, -0.05) is 29.3 Å². The summed E-state index contributed by atoms with van der Waals surface area (Å²) in [5, 5.41) is 2.75. The molecule has 0 unspecified atom stereocenters. The number of halogens is 4. The molecule has 1 aromatic heterocycles. The van der Waals surface area contributed by atoms with Crippen LogP contribution in [0.4, 0.5) is 14.5 Å². The van der Waals surface area contributed by atoms with Gasteiger partial charge < -0.3 is 19.5 Å². The van der Waals surface area contributed by atoms with E-state index in [0.717, 1.165) is 6.07 Å². The van der Waals surface area contributed by atoms with Gasteiger partial charge in [0.25, 0.3) is 5.91 Å². The molecule has 1 N–H and O–H groups in total. The van der Waals surface area contributed by atoms with Crippen LogP contribution in [0.5, 0.6) is 17.2 Å². The van der Waals surface area contributed by atoms with E-state index in [2.05, 4.69) is 19.8 Å². The minimum atomic E-state index is -3.13. The number of rotatable bonds is 7. The molecule has 0 radical (unpaired) electrons. The summed E-state index contributed by atoms with van der Waals surface area (Å²) in [7, 11) is 1.22. The Balaban J connectivity index is 1.93. The van der Waals surface area contributed by atoms with Crippen molar-refractivity contribution in [2.75, 3.05) is 12.4 Å². The number of nitrogens with one attached hydrogen (secondary N) is 1. The number of methoxy groups -OCH3 is 1. The molecule has 11 heteroatoms. The fraction of sp³-hybridized carbons (Fsp3) is 0.0952. The molecule has 0 spiro atoms. The van der Waals surface area contributed by atoms with Gasteiger partial charge in [0.15, 0.2) is 11.5 Å². The third-order valence-electron chi connectivity index (χ3n) is 4.00. The number of carbonyl (C=O) groups is 2. The first-order chi connectivity index (χ1) is 15.3. The first-order valence-corrected chi connectivity index (χ1v) is 9.59. The number of ether oxygens (including phenoxy) is 3. The predicted molar refractivity (Wildman–Crippen MR) is 113 cm³/mol. The van der Waals surface area contributed by atoms with Crippen molar-refractivity contribution >= 4 is 40.8 Å². The second kappa shape index (κ2) is 10.3. The lowest BCUT2D eigenvalue weighted by Gasteiger charge is -2.14. The number of pyridine rings is 1. The number of hydrogen-bond acceptors (Lipinski definition) is 6. The number of hydrogen-bond donors (Lipinski definition) is 1. The normalized spacial score (nSPS) is 10.6. The lowest BCUT2D eigenvalue weighted by Crippen LogP contribution is -2.13. The molecule has 0 saturated heterocycles. The Morgan fingerprint density at radius 1 is 1.00 bits per heavy atom. The highest BCUT2D eigenvalue weighted by molar-refractivity contribution is 6.39. The van der Waals surface area contributed by atoms with Crippen LogP contribution >= 0.6 is 23.2 Å². The smallest absolute Gasteiger partial charge is 0.387 e. The lowest BCUT2D eigenvalue weighted by atomic mass is 10.1. The van der Waals surface area contributed by atoms with E-state index in [1.165, 1.54) is 55.9 Å². The van der Waals surface area contributed by atoms with Crippen LogP contribution in [0.1, 0.15) is 20.7 Å². The van der Waals surface area contributed by atoms with Gasteiger partial charge in [0.1, 0.15) is 5.75 Å². The fourth-order valence-corrected chi connectivity index (χ4v) is 3.03. The van der Waals surface area contributed by atoms with Crippen LogP contribution in [-0.2, 0) is 4.74 Å². The van der Waals surface area contributed by atoms with Crippen molar-refractivity contribution in [3.63, 3.8) is 0 Å². The molecule has 2 aromatic carbocycles. The largest absolute Gasteiger partial charge is 0.465 e. The van der Waals surface area contributed by atoms with Crippen molar-refractivity contribution in [1.29, 1.82) is 0 Å². The monoisotopic (exact) mass is 482 g/mol. The van der Waals surface area contributed by atoms with Crippen LogP contribution in [0.25, 0.3) is 0 Å². The summed E-state index contributed by atoms with van der Waals surface area (Å²) in [6.07, 6.45) is 2.59.